The number of carbonyl (C=O) groups excluding carboxylic acids is 1. The van der Waals surface area contributed by atoms with Crippen molar-refractivity contribution in [2.75, 3.05) is 13.2 Å². The Hall–Kier alpha value is -1.74. The number of hydrogen-bond acceptors (Lipinski definition) is 5. The molecule has 8 heteroatoms. The molecule has 0 bridgehead atoms. The molecule has 0 radical (unpaired) electrons. The van der Waals surface area contributed by atoms with Crippen LogP contribution < -0.4 is 10.0 Å². The third-order valence-corrected chi connectivity index (χ3v) is 5.32. The van der Waals surface area contributed by atoms with Crippen molar-refractivity contribution in [3.05, 3.63) is 42.0 Å². The molecule has 0 aromatic heterocycles. The third kappa shape index (κ3) is 5.37. The molecule has 1 amide bonds. The molecule has 1 aromatic rings. The van der Waals surface area contributed by atoms with E-state index in [-0.39, 0.29) is 23.8 Å². The third-order valence-electron chi connectivity index (χ3n) is 3.85. The lowest BCUT2D eigenvalue weighted by Gasteiger charge is -2.31. The van der Waals surface area contributed by atoms with Crippen LogP contribution in [0.4, 0.5) is 0 Å². The highest BCUT2D eigenvalue weighted by molar-refractivity contribution is 7.89. The van der Waals surface area contributed by atoms with Gasteiger partial charge in [0.1, 0.15) is 6.10 Å². The van der Waals surface area contributed by atoms with Gasteiger partial charge in [0.15, 0.2) is 0 Å². The van der Waals surface area contributed by atoms with E-state index >= 15 is 0 Å². The second-order valence-electron chi connectivity index (χ2n) is 5.90. The van der Waals surface area contributed by atoms with Crippen LogP contribution in [0.3, 0.4) is 0 Å². The predicted octanol–water partition coefficient (Wildman–Crippen LogP) is 0.484. The van der Waals surface area contributed by atoms with E-state index in [1.807, 2.05) is 13.8 Å². The number of benzene rings is 1. The second-order valence-corrected chi connectivity index (χ2v) is 7.61. The van der Waals surface area contributed by atoms with Crippen molar-refractivity contribution in [3.63, 3.8) is 0 Å². The van der Waals surface area contributed by atoms with E-state index in [4.69, 9.17) is 4.74 Å². The highest BCUT2D eigenvalue weighted by Gasteiger charge is 2.31. The van der Waals surface area contributed by atoms with Gasteiger partial charge in [0.25, 0.3) is 0 Å². The molecular formula is C17H24N2O5S. The Balaban J connectivity index is 2.08. The molecule has 1 heterocycles. The maximum atomic E-state index is 12.5. The smallest absolute Gasteiger partial charge is 0.241 e. The van der Waals surface area contributed by atoms with Crippen molar-refractivity contribution >= 4 is 15.9 Å². The Morgan fingerprint density at radius 1 is 1.24 bits per heavy atom. The van der Waals surface area contributed by atoms with Crippen LogP contribution in [0.2, 0.25) is 0 Å². The van der Waals surface area contributed by atoms with Crippen molar-refractivity contribution in [3.8, 4) is 0 Å². The van der Waals surface area contributed by atoms with Crippen LogP contribution in [0.25, 0.3) is 0 Å². The second kappa shape index (κ2) is 8.57. The summed E-state index contributed by atoms with van der Waals surface area (Å²) < 4.78 is 33.1. The normalized spacial score (nSPS) is 23.4. The molecule has 0 fully saturated rings. The van der Waals surface area contributed by atoms with Crippen molar-refractivity contribution in [1.82, 2.24) is 10.0 Å². The zero-order valence-electron chi connectivity index (χ0n) is 14.3. The van der Waals surface area contributed by atoms with Crippen LogP contribution in [0.15, 0.2) is 41.3 Å². The first kappa shape index (κ1) is 19.6. The predicted molar refractivity (Wildman–Crippen MR) is 93.5 cm³/mol. The summed E-state index contributed by atoms with van der Waals surface area (Å²) in [5.74, 6) is -0.160. The minimum atomic E-state index is -3.74. The number of aryl methyl sites for hydroxylation is 1. The number of rotatable bonds is 7. The molecule has 7 nitrogen and oxygen atoms in total. The van der Waals surface area contributed by atoms with E-state index in [0.29, 0.717) is 6.54 Å². The summed E-state index contributed by atoms with van der Waals surface area (Å²) in [6.45, 7) is 3.86. The lowest BCUT2D eigenvalue weighted by atomic mass is 10.1. The molecular weight excluding hydrogens is 344 g/mol. The summed E-state index contributed by atoms with van der Waals surface area (Å²) in [4.78, 5) is 11.8. The Bertz CT molecular complexity index is 715. The standard InChI is InChI=1S/C17H24N2O5S/c1-3-18-17(21)10-13-6-9-15(16(11-20)24-13)19-25(22,23)14-7-4-12(2)5-8-14/h4-9,13,15-16,19-20H,3,10-11H2,1-2H3,(H,18,21)/t13-,15+,16+/m0/s1. The first-order valence-electron chi connectivity index (χ1n) is 8.16. The minimum Gasteiger partial charge on any atom is -0.394 e. The van der Waals surface area contributed by atoms with Gasteiger partial charge in [-0.25, -0.2) is 13.1 Å². The van der Waals surface area contributed by atoms with E-state index in [0.717, 1.165) is 5.56 Å². The molecule has 0 unspecified atom stereocenters. The zero-order chi connectivity index (χ0) is 18.4. The SMILES string of the molecule is CCNC(=O)C[C@@H]1C=C[C@@H](NS(=O)(=O)c2ccc(C)cc2)[C@@H](CO)O1. The van der Waals surface area contributed by atoms with Crippen LogP contribution in [-0.2, 0) is 19.6 Å². The van der Waals surface area contributed by atoms with Crippen molar-refractivity contribution < 1.29 is 23.1 Å². The van der Waals surface area contributed by atoms with Gasteiger partial charge in [0.2, 0.25) is 15.9 Å². The van der Waals surface area contributed by atoms with Crippen molar-refractivity contribution in [2.24, 2.45) is 0 Å². The van der Waals surface area contributed by atoms with Gasteiger partial charge in [-0.3, -0.25) is 4.79 Å². The molecule has 1 aliphatic heterocycles. The van der Waals surface area contributed by atoms with Crippen molar-refractivity contribution in [1.29, 1.82) is 0 Å². The number of nitrogens with one attached hydrogen (secondary N) is 2. The topological polar surface area (TPSA) is 105 Å². The highest BCUT2D eigenvalue weighted by Crippen LogP contribution is 2.18. The molecule has 138 valence electrons. The number of sulfonamides is 1. The molecule has 0 aliphatic carbocycles. The van der Waals surface area contributed by atoms with Gasteiger partial charge in [-0.2, -0.15) is 0 Å². The molecule has 25 heavy (non-hydrogen) atoms. The summed E-state index contributed by atoms with van der Waals surface area (Å²) in [7, 11) is -3.74. The lowest BCUT2D eigenvalue weighted by molar-refractivity contribution is -0.125. The molecule has 0 saturated heterocycles. The van der Waals surface area contributed by atoms with Gasteiger partial charge in [-0.05, 0) is 26.0 Å². The first-order valence-corrected chi connectivity index (χ1v) is 9.64. The van der Waals surface area contributed by atoms with E-state index in [2.05, 4.69) is 10.0 Å². The molecule has 3 N–H and O–H groups in total. The van der Waals surface area contributed by atoms with Gasteiger partial charge < -0.3 is 15.2 Å². The largest absolute Gasteiger partial charge is 0.394 e. The summed E-state index contributed by atoms with van der Waals surface area (Å²) >= 11 is 0. The molecule has 1 aliphatic rings. The average Bonchev–Trinajstić information content (AvgIpc) is 2.56. The molecule has 3 atom stereocenters. The maximum Gasteiger partial charge on any atom is 0.241 e. The summed E-state index contributed by atoms with van der Waals surface area (Å²) in [5, 5.41) is 12.2. The Morgan fingerprint density at radius 2 is 1.92 bits per heavy atom. The number of amides is 1. The van der Waals surface area contributed by atoms with Crippen LogP contribution >= 0.6 is 0 Å². The van der Waals surface area contributed by atoms with E-state index in [1.165, 1.54) is 12.1 Å². The average molecular weight is 368 g/mol. The Morgan fingerprint density at radius 3 is 2.52 bits per heavy atom. The number of ether oxygens (including phenoxy) is 1. The fourth-order valence-electron chi connectivity index (χ4n) is 2.53. The number of hydrogen-bond donors (Lipinski definition) is 3. The monoisotopic (exact) mass is 368 g/mol. The number of aliphatic hydroxyl groups excluding tert-OH is 1. The van der Waals surface area contributed by atoms with E-state index < -0.39 is 28.3 Å². The Kier molecular flexibility index (Phi) is 6.71. The van der Waals surface area contributed by atoms with Gasteiger partial charge in [-0.15, -0.1) is 0 Å². The zero-order valence-corrected chi connectivity index (χ0v) is 15.1. The van der Waals surface area contributed by atoms with E-state index in [9.17, 15) is 18.3 Å². The fourth-order valence-corrected chi connectivity index (χ4v) is 3.75. The minimum absolute atomic E-state index is 0.123. The summed E-state index contributed by atoms with van der Waals surface area (Å²) in [5.41, 5.74) is 0.960. The van der Waals surface area contributed by atoms with Crippen LogP contribution in [0.1, 0.15) is 18.9 Å². The van der Waals surface area contributed by atoms with Gasteiger partial charge >= 0.3 is 0 Å². The quantitative estimate of drug-likeness (QED) is 0.608. The highest BCUT2D eigenvalue weighted by atomic mass is 32.2. The molecule has 1 aromatic carbocycles. The molecule has 0 saturated carbocycles. The van der Waals surface area contributed by atoms with Gasteiger partial charge in [0, 0.05) is 6.54 Å². The van der Waals surface area contributed by atoms with Gasteiger partial charge in [-0.1, -0.05) is 29.8 Å². The number of aliphatic hydroxyl groups is 1. The molecule has 2 rings (SSSR count). The maximum absolute atomic E-state index is 12.5. The number of carbonyl (C=O) groups is 1. The Labute approximate surface area is 148 Å². The molecule has 0 spiro atoms. The summed E-state index contributed by atoms with van der Waals surface area (Å²) in [6, 6.07) is 5.77. The van der Waals surface area contributed by atoms with Crippen LogP contribution in [0.5, 0.6) is 0 Å². The van der Waals surface area contributed by atoms with Gasteiger partial charge in [0.05, 0.1) is 30.1 Å². The summed E-state index contributed by atoms with van der Waals surface area (Å²) in [6.07, 6.45) is 2.13. The fraction of sp³-hybridized carbons (Fsp3) is 0.471. The van der Waals surface area contributed by atoms with Crippen molar-refractivity contribution in [2.45, 2.75) is 43.4 Å². The first-order chi connectivity index (χ1) is 11.9. The van der Waals surface area contributed by atoms with E-state index in [1.54, 1.807) is 24.3 Å². The lowest BCUT2D eigenvalue weighted by Crippen LogP contribution is -2.49. The van der Waals surface area contributed by atoms with Crippen LogP contribution in [-0.4, -0.2) is 50.8 Å². The van der Waals surface area contributed by atoms with Crippen LogP contribution in [0, 0.1) is 6.92 Å².